The Morgan fingerprint density at radius 3 is 2.57 bits per heavy atom. The molecule has 0 fully saturated rings. The molecule has 0 aromatic carbocycles. The number of fused-ring (bicyclic) bond motifs is 1. The van der Waals surface area contributed by atoms with Gasteiger partial charge in [-0.25, -0.2) is 0 Å². The Hall–Kier alpha value is -2.13. The molecule has 2 N–H and O–H groups in total. The Morgan fingerprint density at radius 2 is 1.90 bits per heavy atom. The van der Waals surface area contributed by atoms with E-state index in [0.717, 1.165) is 77.3 Å². The van der Waals surface area contributed by atoms with Gasteiger partial charge < -0.3 is 15.4 Å². The molecule has 0 bridgehead atoms. The number of hydrogen-bond acceptors (Lipinski definition) is 7. The molecule has 234 valence electrons. The Kier molecular flexibility index (Phi) is 15.3. The zero-order valence-corrected chi connectivity index (χ0v) is 29.3. The average molecular weight is 662 g/mol. The van der Waals surface area contributed by atoms with Crippen molar-refractivity contribution in [3.05, 3.63) is 34.1 Å². The second-order valence-corrected chi connectivity index (χ2v) is 12.5. The first-order valence-corrected chi connectivity index (χ1v) is 16.4. The second kappa shape index (κ2) is 17.9. The highest BCUT2D eigenvalue weighted by Gasteiger charge is 2.31. The summed E-state index contributed by atoms with van der Waals surface area (Å²) in [5.41, 5.74) is 10.6. The predicted molar refractivity (Wildman–Crippen MR) is 190 cm³/mol. The molecule has 2 heterocycles. The first-order valence-electron chi connectivity index (χ1n) is 15.6. The molecule has 1 aromatic rings. The molecule has 1 aromatic heterocycles. The van der Waals surface area contributed by atoms with Crippen LogP contribution < -0.4 is 15.4 Å². The van der Waals surface area contributed by atoms with Crippen LogP contribution in [0.1, 0.15) is 111 Å². The number of halogens is 1. The molecule has 0 saturated carbocycles. The third-order valence-electron chi connectivity index (χ3n) is 8.05. The summed E-state index contributed by atoms with van der Waals surface area (Å²) in [7, 11) is 0. The third kappa shape index (κ3) is 9.69. The lowest BCUT2D eigenvalue weighted by atomic mass is 9.81. The quantitative estimate of drug-likeness (QED) is 0.203. The molecule has 1 aliphatic carbocycles. The smallest absolute Gasteiger partial charge is 0.318 e. The van der Waals surface area contributed by atoms with Crippen LogP contribution in [0, 0.1) is 5.41 Å². The van der Waals surface area contributed by atoms with Crippen LogP contribution in [-0.2, 0) is 0 Å². The van der Waals surface area contributed by atoms with Gasteiger partial charge >= 0.3 is 6.01 Å². The average Bonchev–Trinajstić information content (AvgIpc) is 3.21. The van der Waals surface area contributed by atoms with Gasteiger partial charge in [-0.15, -0.1) is 0 Å². The number of aromatic nitrogens is 2. The highest BCUT2D eigenvalue weighted by molar-refractivity contribution is 9.12. The maximum absolute atomic E-state index is 6.51. The van der Waals surface area contributed by atoms with Crippen molar-refractivity contribution in [1.29, 1.82) is 0 Å². The van der Waals surface area contributed by atoms with Gasteiger partial charge in [-0.2, -0.15) is 23.5 Å². The second-order valence-electron chi connectivity index (χ2n) is 11.7. The first-order chi connectivity index (χ1) is 19.8. The Morgan fingerprint density at radius 1 is 1.17 bits per heavy atom. The maximum Gasteiger partial charge on any atom is 0.318 e. The van der Waals surface area contributed by atoms with E-state index in [0.29, 0.717) is 19.2 Å². The lowest BCUT2D eigenvalue weighted by molar-refractivity contribution is 0.126. The summed E-state index contributed by atoms with van der Waals surface area (Å²) in [4.78, 5) is 22.2. The van der Waals surface area contributed by atoms with Gasteiger partial charge in [0, 0.05) is 34.6 Å². The van der Waals surface area contributed by atoms with Crippen molar-refractivity contribution in [2.75, 3.05) is 31.1 Å². The summed E-state index contributed by atoms with van der Waals surface area (Å²) >= 11 is 3.82. The minimum atomic E-state index is 0. The van der Waals surface area contributed by atoms with Crippen molar-refractivity contribution in [2.45, 2.75) is 105 Å². The topological polar surface area (TPSA) is 89.0 Å². The minimum absolute atomic E-state index is 0. The molecule has 9 heteroatoms. The van der Waals surface area contributed by atoms with Gasteiger partial charge in [0.1, 0.15) is 5.82 Å². The fourth-order valence-corrected chi connectivity index (χ4v) is 5.91. The lowest BCUT2D eigenvalue weighted by Gasteiger charge is -2.31. The molecule has 2 atom stereocenters. The highest BCUT2D eigenvalue weighted by atomic mass is 79.9. The summed E-state index contributed by atoms with van der Waals surface area (Å²) < 4.78 is 7.44. The molecule has 2 unspecified atom stereocenters. The fraction of sp³-hybridized carbons (Fsp3) is 0.636. The van der Waals surface area contributed by atoms with Gasteiger partial charge in [-0.3, -0.25) is 9.98 Å². The van der Waals surface area contributed by atoms with Gasteiger partial charge in [0.05, 0.1) is 35.8 Å². The van der Waals surface area contributed by atoms with E-state index in [1.54, 1.807) is 6.20 Å². The number of nitrogens with zero attached hydrogens (tertiary/aromatic N) is 5. The van der Waals surface area contributed by atoms with Crippen LogP contribution in [0.25, 0.3) is 11.6 Å². The van der Waals surface area contributed by atoms with Gasteiger partial charge in [0.25, 0.3) is 0 Å². The van der Waals surface area contributed by atoms with Crippen LogP contribution in [0.2, 0.25) is 0 Å². The maximum atomic E-state index is 6.51. The van der Waals surface area contributed by atoms with Gasteiger partial charge in [-0.1, -0.05) is 65.9 Å². The number of unbranched alkanes of at least 4 members (excludes halogenated alkanes) is 3. The fourth-order valence-electron chi connectivity index (χ4n) is 5.38. The number of hydrogen-bond donors (Lipinski definition) is 1. The van der Waals surface area contributed by atoms with Crippen molar-refractivity contribution in [2.24, 2.45) is 21.1 Å². The molecular weight excluding hydrogens is 608 g/mol. The van der Waals surface area contributed by atoms with Crippen LogP contribution >= 0.6 is 29.4 Å². The van der Waals surface area contributed by atoms with E-state index in [1.165, 1.54) is 32.1 Å². The normalized spacial score (nSPS) is 19.5. The van der Waals surface area contributed by atoms with Crippen LogP contribution in [0.4, 0.5) is 5.82 Å². The molecule has 0 radical (unpaired) electrons. The molecule has 3 rings (SSSR count). The number of aliphatic imine (C=N–C) groups is 2. The lowest BCUT2D eigenvalue weighted by Crippen LogP contribution is -2.32. The Labute approximate surface area is 269 Å². The van der Waals surface area contributed by atoms with Gasteiger partial charge in [0.2, 0.25) is 0 Å². The molecule has 0 saturated heterocycles. The summed E-state index contributed by atoms with van der Waals surface area (Å²) in [6.45, 7) is 16.1. The number of allylic oxidation sites excluding steroid dienone is 3. The zero-order chi connectivity index (χ0) is 29.8. The molecule has 2 aliphatic rings. The molecule has 0 amide bonds. The summed E-state index contributed by atoms with van der Waals surface area (Å²) in [5.74, 6) is 0.868. The number of anilines is 1. The van der Waals surface area contributed by atoms with Crippen molar-refractivity contribution in [3.63, 3.8) is 0 Å². The summed E-state index contributed by atoms with van der Waals surface area (Å²) in [5, 5.41) is 0. The Balaban J connectivity index is 0.00000616. The predicted octanol–water partition coefficient (Wildman–Crippen LogP) is 8.26. The monoisotopic (exact) mass is 660 g/mol. The van der Waals surface area contributed by atoms with Gasteiger partial charge in [0.15, 0.2) is 0 Å². The van der Waals surface area contributed by atoms with Gasteiger partial charge in [-0.05, 0) is 73.8 Å². The standard InChI is InChI=1S/C33H51BrN6O.H2S/c1-7-11-13-17-33(6,16-12-8-2)23-41-32-38-28-21-27(34)30(37-24(5)9-3)26(10-4)29(28)31(39-32)40-20-14-19-36-25(22-40)15-18-35;/h10,15,18,21,24H,7-9,11-14,16-17,19-20,22-23,35H2,1-6H3;1H2/b18-15-,26-10-,37-30?;. The van der Waals surface area contributed by atoms with Crippen LogP contribution in [-0.4, -0.2) is 53.7 Å². The minimum Gasteiger partial charge on any atom is -0.463 e. The zero-order valence-electron chi connectivity index (χ0n) is 26.7. The SMILES string of the molecule is C/C=C1\C(=NC(C)CC)C(Br)=Cc2nc(OCC(C)(CCCC)CCCCC)nc(N3CCCN=C(/C=C\N)C3)c21.S. The molecule has 42 heavy (non-hydrogen) atoms. The third-order valence-corrected chi connectivity index (χ3v) is 8.65. The van der Waals surface area contributed by atoms with Crippen LogP contribution in [0.3, 0.4) is 0 Å². The van der Waals surface area contributed by atoms with E-state index in [4.69, 9.17) is 30.4 Å². The molecular formula is C33H53BrN6OS. The van der Waals surface area contributed by atoms with Crippen LogP contribution in [0.5, 0.6) is 6.01 Å². The van der Waals surface area contributed by atoms with E-state index in [2.05, 4.69) is 74.5 Å². The van der Waals surface area contributed by atoms with Crippen molar-refractivity contribution in [1.82, 2.24) is 9.97 Å². The largest absolute Gasteiger partial charge is 0.463 e. The number of nitrogens with two attached hydrogens (primary N) is 1. The van der Waals surface area contributed by atoms with E-state index in [-0.39, 0.29) is 25.0 Å². The van der Waals surface area contributed by atoms with E-state index in [9.17, 15) is 0 Å². The Bertz CT molecular complexity index is 1180. The van der Waals surface area contributed by atoms with E-state index in [1.807, 2.05) is 6.08 Å². The van der Waals surface area contributed by atoms with Crippen molar-refractivity contribution in [3.8, 4) is 6.01 Å². The van der Waals surface area contributed by atoms with Crippen LogP contribution in [0.15, 0.2) is 32.8 Å². The van der Waals surface area contributed by atoms with E-state index < -0.39 is 0 Å². The highest BCUT2D eigenvalue weighted by Crippen LogP contribution is 2.40. The number of rotatable bonds is 14. The molecule has 0 spiro atoms. The first kappa shape index (κ1) is 36.1. The summed E-state index contributed by atoms with van der Waals surface area (Å²) in [6, 6.07) is 0.637. The van der Waals surface area contributed by atoms with Crippen molar-refractivity contribution >= 4 is 58.3 Å². The number of ether oxygens (including phenoxy) is 1. The van der Waals surface area contributed by atoms with E-state index >= 15 is 0 Å². The molecule has 1 aliphatic heterocycles. The summed E-state index contributed by atoms with van der Waals surface area (Å²) in [6.07, 6.45) is 17.9. The van der Waals surface area contributed by atoms with Crippen molar-refractivity contribution < 1.29 is 4.74 Å². The molecule has 7 nitrogen and oxygen atoms in total.